The second kappa shape index (κ2) is 9.42. The Morgan fingerprint density at radius 3 is 2.88 bits per heavy atom. The largest absolute Gasteiger partial charge is 0.355 e. The van der Waals surface area contributed by atoms with Gasteiger partial charge in [0.05, 0.1) is 11.4 Å². The molecule has 1 aromatic heterocycles. The number of tetrazole rings is 1. The summed E-state index contributed by atoms with van der Waals surface area (Å²) < 4.78 is 1.70. The first-order valence-corrected chi connectivity index (χ1v) is 9.36. The summed E-state index contributed by atoms with van der Waals surface area (Å²) in [6.45, 7) is 7.02. The van der Waals surface area contributed by atoms with Crippen LogP contribution in [-0.2, 0) is 4.79 Å². The number of carbonyl (C=O) groups is 1. The van der Waals surface area contributed by atoms with Crippen molar-refractivity contribution in [3.8, 4) is 5.69 Å². The van der Waals surface area contributed by atoms with E-state index in [1.807, 2.05) is 19.1 Å². The van der Waals surface area contributed by atoms with E-state index >= 15 is 0 Å². The van der Waals surface area contributed by atoms with Gasteiger partial charge in [-0.2, -0.15) is 4.68 Å². The fourth-order valence-electron chi connectivity index (χ4n) is 2.35. The van der Waals surface area contributed by atoms with Crippen molar-refractivity contribution in [2.45, 2.75) is 51.6 Å². The van der Waals surface area contributed by atoms with Gasteiger partial charge in [0.2, 0.25) is 11.1 Å². The minimum Gasteiger partial charge on any atom is -0.355 e. The molecule has 7 heteroatoms. The molecule has 0 bridgehead atoms. The average Bonchev–Trinajstić information content (AvgIpc) is 3.03. The lowest BCUT2D eigenvalue weighted by atomic mass is 10.1. The molecule has 0 spiro atoms. The molecule has 130 valence electrons. The van der Waals surface area contributed by atoms with E-state index in [1.54, 1.807) is 4.68 Å². The molecule has 1 heterocycles. The number of aryl methyl sites for hydroxylation is 1. The van der Waals surface area contributed by atoms with Crippen molar-refractivity contribution >= 4 is 17.7 Å². The standard InChI is InChI=1S/C17H25N5OS/c1-4-5-6-7-11-18-16(23)12-24-17-19-20-21-22(17)15-10-8-9-13(2)14(15)3/h8-10H,4-7,11-12H2,1-3H3,(H,18,23). The Morgan fingerprint density at radius 2 is 2.08 bits per heavy atom. The van der Waals surface area contributed by atoms with E-state index in [0.717, 1.165) is 30.6 Å². The molecule has 1 aromatic carbocycles. The molecule has 6 nitrogen and oxygen atoms in total. The van der Waals surface area contributed by atoms with Gasteiger partial charge in [-0.1, -0.05) is 50.1 Å². The first-order chi connectivity index (χ1) is 11.6. The van der Waals surface area contributed by atoms with E-state index in [0.29, 0.717) is 10.9 Å². The summed E-state index contributed by atoms with van der Waals surface area (Å²) in [7, 11) is 0. The highest BCUT2D eigenvalue weighted by Crippen LogP contribution is 2.22. The number of hydrogen-bond donors (Lipinski definition) is 1. The highest BCUT2D eigenvalue weighted by molar-refractivity contribution is 7.99. The van der Waals surface area contributed by atoms with E-state index in [2.05, 4.69) is 40.8 Å². The molecule has 0 atom stereocenters. The fourth-order valence-corrected chi connectivity index (χ4v) is 3.06. The molecule has 0 saturated carbocycles. The Bertz CT molecular complexity index is 671. The van der Waals surface area contributed by atoms with Gasteiger partial charge in [0, 0.05) is 6.54 Å². The quantitative estimate of drug-likeness (QED) is 0.557. The molecule has 0 aliphatic rings. The molecule has 2 aromatic rings. The number of nitrogens with zero attached hydrogens (tertiary/aromatic N) is 4. The Hall–Kier alpha value is -1.89. The minimum atomic E-state index is 0.0204. The van der Waals surface area contributed by atoms with Crippen molar-refractivity contribution < 1.29 is 4.79 Å². The first-order valence-electron chi connectivity index (χ1n) is 8.38. The average molecular weight is 347 g/mol. The van der Waals surface area contributed by atoms with Gasteiger partial charge in [-0.3, -0.25) is 4.79 Å². The zero-order valence-corrected chi connectivity index (χ0v) is 15.4. The molecule has 0 aliphatic heterocycles. The van der Waals surface area contributed by atoms with Crippen LogP contribution in [0.1, 0.15) is 43.7 Å². The maximum Gasteiger partial charge on any atom is 0.230 e. The van der Waals surface area contributed by atoms with Crippen LogP contribution in [0.25, 0.3) is 5.69 Å². The summed E-state index contributed by atoms with van der Waals surface area (Å²) in [6.07, 6.45) is 4.61. The van der Waals surface area contributed by atoms with Gasteiger partial charge in [-0.05, 0) is 47.9 Å². The van der Waals surface area contributed by atoms with Crippen LogP contribution >= 0.6 is 11.8 Å². The van der Waals surface area contributed by atoms with Crippen molar-refractivity contribution in [2.75, 3.05) is 12.3 Å². The molecule has 0 unspecified atom stereocenters. The molecule has 0 aliphatic carbocycles. The molecule has 0 fully saturated rings. The fraction of sp³-hybridized carbons (Fsp3) is 0.529. The number of aromatic nitrogens is 4. The van der Waals surface area contributed by atoms with Crippen LogP contribution < -0.4 is 5.32 Å². The Balaban J connectivity index is 1.89. The molecule has 1 amide bonds. The zero-order chi connectivity index (χ0) is 17.4. The molecule has 0 saturated heterocycles. The summed E-state index contributed by atoms with van der Waals surface area (Å²) >= 11 is 1.35. The number of nitrogens with one attached hydrogen (secondary N) is 1. The van der Waals surface area contributed by atoms with Crippen molar-refractivity contribution in [3.05, 3.63) is 29.3 Å². The lowest BCUT2D eigenvalue weighted by Gasteiger charge is -2.09. The van der Waals surface area contributed by atoms with E-state index in [1.165, 1.54) is 30.2 Å². The Kier molecular flexibility index (Phi) is 7.24. The monoisotopic (exact) mass is 347 g/mol. The second-order valence-electron chi connectivity index (χ2n) is 5.79. The number of amides is 1. The topological polar surface area (TPSA) is 72.7 Å². The van der Waals surface area contributed by atoms with Crippen LogP contribution in [0.15, 0.2) is 23.4 Å². The van der Waals surface area contributed by atoms with Crippen LogP contribution in [0.4, 0.5) is 0 Å². The predicted molar refractivity (Wildman–Crippen MR) is 96.5 cm³/mol. The van der Waals surface area contributed by atoms with Gasteiger partial charge in [0.15, 0.2) is 0 Å². The van der Waals surface area contributed by atoms with Gasteiger partial charge in [-0.15, -0.1) is 5.10 Å². The van der Waals surface area contributed by atoms with Crippen molar-refractivity contribution in [1.29, 1.82) is 0 Å². The second-order valence-corrected chi connectivity index (χ2v) is 6.73. The Labute approximate surface area is 147 Å². The van der Waals surface area contributed by atoms with Crippen molar-refractivity contribution in [3.63, 3.8) is 0 Å². The van der Waals surface area contributed by atoms with E-state index in [9.17, 15) is 4.79 Å². The van der Waals surface area contributed by atoms with Crippen LogP contribution in [0.5, 0.6) is 0 Å². The van der Waals surface area contributed by atoms with E-state index in [-0.39, 0.29) is 5.91 Å². The summed E-state index contributed by atoms with van der Waals surface area (Å²) in [5.74, 6) is 0.339. The van der Waals surface area contributed by atoms with Gasteiger partial charge in [0.1, 0.15) is 0 Å². The van der Waals surface area contributed by atoms with Crippen LogP contribution in [0.2, 0.25) is 0 Å². The molecule has 2 rings (SSSR count). The number of rotatable bonds is 9. The van der Waals surface area contributed by atoms with Gasteiger partial charge in [0.25, 0.3) is 0 Å². The van der Waals surface area contributed by atoms with Gasteiger partial charge >= 0.3 is 0 Å². The maximum atomic E-state index is 11.9. The number of thioether (sulfide) groups is 1. The lowest BCUT2D eigenvalue weighted by Crippen LogP contribution is -2.26. The first kappa shape index (κ1) is 18.4. The number of benzene rings is 1. The highest BCUT2D eigenvalue weighted by atomic mass is 32.2. The summed E-state index contributed by atoms with van der Waals surface area (Å²) in [5.41, 5.74) is 3.26. The summed E-state index contributed by atoms with van der Waals surface area (Å²) in [4.78, 5) is 11.9. The molecule has 24 heavy (non-hydrogen) atoms. The van der Waals surface area contributed by atoms with Crippen molar-refractivity contribution in [1.82, 2.24) is 25.5 Å². The van der Waals surface area contributed by atoms with Crippen LogP contribution in [0, 0.1) is 13.8 Å². The van der Waals surface area contributed by atoms with Crippen LogP contribution in [0.3, 0.4) is 0 Å². The van der Waals surface area contributed by atoms with Crippen molar-refractivity contribution in [2.24, 2.45) is 0 Å². The van der Waals surface area contributed by atoms with Gasteiger partial charge < -0.3 is 5.32 Å². The SMILES string of the molecule is CCCCCCNC(=O)CSc1nnnn1-c1cccc(C)c1C. The number of carbonyl (C=O) groups excluding carboxylic acids is 1. The zero-order valence-electron chi connectivity index (χ0n) is 14.6. The molecular formula is C17H25N5OS. The van der Waals surface area contributed by atoms with E-state index < -0.39 is 0 Å². The molecular weight excluding hydrogens is 322 g/mol. The predicted octanol–water partition coefficient (Wildman–Crippen LogP) is 3.07. The number of unbranched alkanes of at least 4 members (excludes halogenated alkanes) is 3. The van der Waals surface area contributed by atoms with E-state index in [4.69, 9.17) is 0 Å². The third-order valence-corrected chi connectivity index (χ3v) is 4.85. The molecule has 1 N–H and O–H groups in total. The smallest absolute Gasteiger partial charge is 0.230 e. The van der Waals surface area contributed by atoms with Gasteiger partial charge in [-0.25, -0.2) is 0 Å². The third kappa shape index (κ3) is 5.06. The molecule has 0 radical (unpaired) electrons. The Morgan fingerprint density at radius 1 is 1.25 bits per heavy atom. The number of hydrogen-bond acceptors (Lipinski definition) is 5. The summed E-state index contributed by atoms with van der Waals surface area (Å²) in [5, 5.41) is 15.4. The maximum absolute atomic E-state index is 11.9. The normalized spacial score (nSPS) is 10.8. The third-order valence-electron chi connectivity index (χ3n) is 3.93. The minimum absolute atomic E-state index is 0.0204. The lowest BCUT2D eigenvalue weighted by molar-refractivity contribution is -0.118. The summed E-state index contributed by atoms with van der Waals surface area (Å²) in [6, 6.07) is 6.02. The van der Waals surface area contributed by atoms with Crippen LogP contribution in [-0.4, -0.2) is 38.4 Å². The highest BCUT2D eigenvalue weighted by Gasteiger charge is 2.13.